The fraction of sp³-hybridized carbons (Fsp3) is 0.417. The maximum Gasteiger partial charge on any atom is 0.162 e. The predicted molar refractivity (Wildman–Crippen MR) is 52.6 cm³/mol. The van der Waals surface area contributed by atoms with Crippen LogP contribution in [0.1, 0.15) is 37.2 Å². The summed E-state index contributed by atoms with van der Waals surface area (Å²) in [4.78, 5) is 11.6. The first-order valence-corrected chi connectivity index (χ1v) is 5.17. The van der Waals surface area contributed by atoms with Gasteiger partial charge in [0.15, 0.2) is 11.6 Å². The SMILES string of the molecule is O=C1CCCCC1c1cccc(F)c1F. The Labute approximate surface area is 87.1 Å². The van der Waals surface area contributed by atoms with Crippen LogP contribution in [-0.2, 0) is 4.79 Å². The second-order valence-corrected chi connectivity index (χ2v) is 3.91. The first-order chi connectivity index (χ1) is 7.20. The van der Waals surface area contributed by atoms with Crippen LogP contribution in [0.3, 0.4) is 0 Å². The minimum absolute atomic E-state index is 0.0331. The van der Waals surface area contributed by atoms with Gasteiger partial charge in [-0.2, -0.15) is 0 Å². The van der Waals surface area contributed by atoms with E-state index in [0.29, 0.717) is 12.8 Å². The molecule has 1 fully saturated rings. The molecule has 1 nitrogen and oxygen atoms in total. The molecule has 3 heteroatoms. The molecule has 1 aromatic carbocycles. The Hall–Kier alpha value is -1.25. The zero-order valence-electron chi connectivity index (χ0n) is 8.30. The van der Waals surface area contributed by atoms with Crippen molar-refractivity contribution in [1.29, 1.82) is 0 Å². The Bertz CT molecular complexity index is 387. The summed E-state index contributed by atoms with van der Waals surface area (Å²) >= 11 is 0. The molecule has 0 N–H and O–H groups in total. The molecule has 0 spiro atoms. The molecule has 1 aliphatic rings. The third kappa shape index (κ3) is 1.91. The number of halogens is 2. The van der Waals surface area contributed by atoms with Gasteiger partial charge in [-0.25, -0.2) is 8.78 Å². The van der Waals surface area contributed by atoms with Gasteiger partial charge in [-0.05, 0) is 18.9 Å². The van der Waals surface area contributed by atoms with Crippen molar-refractivity contribution in [1.82, 2.24) is 0 Å². The lowest BCUT2D eigenvalue weighted by atomic mass is 9.83. The number of carbonyl (C=O) groups excluding carboxylic acids is 1. The molecule has 1 aliphatic carbocycles. The van der Waals surface area contributed by atoms with Gasteiger partial charge in [0.2, 0.25) is 0 Å². The average Bonchev–Trinajstić information content (AvgIpc) is 2.23. The Kier molecular flexibility index (Phi) is 2.80. The Balaban J connectivity index is 2.35. The van der Waals surface area contributed by atoms with Crippen LogP contribution >= 0.6 is 0 Å². The largest absolute Gasteiger partial charge is 0.299 e. The van der Waals surface area contributed by atoms with Gasteiger partial charge in [-0.1, -0.05) is 18.6 Å². The third-order valence-corrected chi connectivity index (χ3v) is 2.91. The van der Waals surface area contributed by atoms with Crippen molar-refractivity contribution in [2.45, 2.75) is 31.6 Å². The molecule has 0 saturated heterocycles. The lowest BCUT2D eigenvalue weighted by Crippen LogP contribution is -2.18. The Morgan fingerprint density at radius 3 is 2.73 bits per heavy atom. The highest BCUT2D eigenvalue weighted by atomic mass is 19.2. The summed E-state index contributed by atoms with van der Waals surface area (Å²) in [5, 5.41) is 0. The van der Waals surface area contributed by atoms with Gasteiger partial charge in [0, 0.05) is 17.9 Å². The maximum absolute atomic E-state index is 13.4. The monoisotopic (exact) mass is 210 g/mol. The number of rotatable bonds is 1. The molecule has 2 rings (SSSR count). The van der Waals surface area contributed by atoms with Gasteiger partial charge in [-0.15, -0.1) is 0 Å². The number of ketones is 1. The van der Waals surface area contributed by atoms with Crippen LogP contribution in [0.15, 0.2) is 18.2 Å². The van der Waals surface area contributed by atoms with Gasteiger partial charge >= 0.3 is 0 Å². The number of hydrogen-bond acceptors (Lipinski definition) is 1. The highest BCUT2D eigenvalue weighted by Crippen LogP contribution is 2.31. The van der Waals surface area contributed by atoms with Crippen molar-refractivity contribution >= 4 is 5.78 Å². The normalized spacial score (nSPS) is 21.7. The minimum atomic E-state index is -0.870. The van der Waals surface area contributed by atoms with Crippen LogP contribution in [0, 0.1) is 11.6 Å². The van der Waals surface area contributed by atoms with E-state index in [1.165, 1.54) is 12.1 Å². The molecule has 80 valence electrons. The number of benzene rings is 1. The minimum Gasteiger partial charge on any atom is -0.299 e. The molecule has 0 aliphatic heterocycles. The fourth-order valence-electron chi connectivity index (χ4n) is 2.10. The molecule has 1 aromatic rings. The van der Waals surface area contributed by atoms with Crippen molar-refractivity contribution in [3.05, 3.63) is 35.4 Å². The zero-order valence-corrected chi connectivity index (χ0v) is 8.30. The van der Waals surface area contributed by atoms with E-state index in [9.17, 15) is 13.6 Å². The summed E-state index contributed by atoms with van der Waals surface area (Å²) < 4.78 is 26.4. The molecule has 15 heavy (non-hydrogen) atoms. The Morgan fingerprint density at radius 2 is 2.00 bits per heavy atom. The van der Waals surface area contributed by atoms with Crippen molar-refractivity contribution in [3.63, 3.8) is 0 Å². The summed E-state index contributed by atoms with van der Waals surface area (Å²) in [7, 11) is 0. The number of Topliss-reactive ketones (excluding diaryl/α,β-unsaturated/α-hetero) is 1. The summed E-state index contributed by atoms with van der Waals surface area (Å²) in [5.74, 6) is -2.14. The average molecular weight is 210 g/mol. The van der Waals surface area contributed by atoms with Gasteiger partial charge in [0.1, 0.15) is 5.78 Å². The van der Waals surface area contributed by atoms with E-state index in [-0.39, 0.29) is 11.3 Å². The molecule has 1 atom stereocenters. The zero-order chi connectivity index (χ0) is 10.8. The molecule has 0 radical (unpaired) electrons. The van der Waals surface area contributed by atoms with Crippen molar-refractivity contribution in [3.8, 4) is 0 Å². The van der Waals surface area contributed by atoms with Gasteiger partial charge in [0.05, 0.1) is 0 Å². The van der Waals surface area contributed by atoms with Crippen molar-refractivity contribution in [2.24, 2.45) is 0 Å². The van der Waals surface area contributed by atoms with Crippen molar-refractivity contribution in [2.75, 3.05) is 0 Å². The first-order valence-electron chi connectivity index (χ1n) is 5.17. The van der Waals surface area contributed by atoms with Gasteiger partial charge in [-0.3, -0.25) is 4.79 Å². The number of hydrogen-bond donors (Lipinski definition) is 0. The summed E-state index contributed by atoms with van der Waals surface area (Å²) in [6, 6.07) is 4.04. The molecule has 0 heterocycles. The molecule has 1 unspecified atom stereocenters. The van der Waals surface area contributed by atoms with Gasteiger partial charge < -0.3 is 0 Å². The van der Waals surface area contributed by atoms with Crippen LogP contribution in [-0.4, -0.2) is 5.78 Å². The van der Waals surface area contributed by atoms with E-state index in [1.807, 2.05) is 0 Å². The lowest BCUT2D eigenvalue weighted by Gasteiger charge is -2.21. The van der Waals surface area contributed by atoms with Crippen LogP contribution in [0.4, 0.5) is 8.78 Å². The fourth-order valence-corrected chi connectivity index (χ4v) is 2.10. The molecule has 0 aromatic heterocycles. The highest BCUT2D eigenvalue weighted by molar-refractivity contribution is 5.86. The van der Waals surface area contributed by atoms with Crippen molar-refractivity contribution < 1.29 is 13.6 Å². The van der Waals surface area contributed by atoms with E-state index in [0.717, 1.165) is 18.9 Å². The quantitative estimate of drug-likeness (QED) is 0.695. The lowest BCUT2D eigenvalue weighted by molar-refractivity contribution is -0.121. The summed E-state index contributed by atoms with van der Waals surface area (Å²) in [6.45, 7) is 0. The van der Waals surface area contributed by atoms with Crippen LogP contribution in [0.2, 0.25) is 0 Å². The molecule has 0 amide bonds. The van der Waals surface area contributed by atoms with E-state index < -0.39 is 17.6 Å². The van der Waals surface area contributed by atoms with Crippen LogP contribution in [0.25, 0.3) is 0 Å². The van der Waals surface area contributed by atoms with E-state index in [1.54, 1.807) is 0 Å². The van der Waals surface area contributed by atoms with E-state index in [2.05, 4.69) is 0 Å². The second-order valence-electron chi connectivity index (χ2n) is 3.91. The van der Waals surface area contributed by atoms with Crippen LogP contribution < -0.4 is 0 Å². The maximum atomic E-state index is 13.4. The molecular formula is C12H12F2O. The van der Waals surface area contributed by atoms with Gasteiger partial charge in [0.25, 0.3) is 0 Å². The summed E-state index contributed by atoms with van der Waals surface area (Å²) in [6.07, 6.45) is 2.90. The highest BCUT2D eigenvalue weighted by Gasteiger charge is 2.27. The third-order valence-electron chi connectivity index (χ3n) is 2.91. The van der Waals surface area contributed by atoms with E-state index >= 15 is 0 Å². The molecule has 0 bridgehead atoms. The first kappa shape index (κ1) is 10.3. The molecule has 1 saturated carbocycles. The van der Waals surface area contributed by atoms with E-state index in [4.69, 9.17) is 0 Å². The second kappa shape index (κ2) is 4.09. The topological polar surface area (TPSA) is 17.1 Å². The standard InChI is InChI=1S/C12H12F2O/c13-10-6-3-5-9(12(10)14)8-4-1-2-7-11(8)15/h3,5-6,8H,1-2,4,7H2. The number of carbonyl (C=O) groups is 1. The Morgan fingerprint density at radius 1 is 1.20 bits per heavy atom. The predicted octanol–water partition coefficient (Wildman–Crippen LogP) is 3.19. The summed E-state index contributed by atoms with van der Waals surface area (Å²) in [5.41, 5.74) is 0.222. The molecular weight excluding hydrogens is 198 g/mol. The van der Waals surface area contributed by atoms with Crippen LogP contribution in [0.5, 0.6) is 0 Å². The smallest absolute Gasteiger partial charge is 0.162 e.